The molecule has 0 spiro atoms. The normalized spacial score (nSPS) is 13.9. The maximum Gasteiger partial charge on any atom is 0.241 e. The molecule has 2 aromatic heterocycles. The molecule has 0 aliphatic rings. The fraction of sp³-hybridized carbons (Fsp3) is 0.556. The van der Waals surface area contributed by atoms with Gasteiger partial charge >= 0.3 is 0 Å². The zero-order valence-corrected chi connectivity index (χ0v) is 17.9. The van der Waals surface area contributed by atoms with E-state index in [9.17, 15) is 13.5 Å². The first-order valence-corrected chi connectivity index (χ1v) is 11.3. The van der Waals surface area contributed by atoms with E-state index in [-0.39, 0.29) is 30.5 Å². The summed E-state index contributed by atoms with van der Waals surface area (Å²) in [4.78, 5) is 16.9. The van der Waals surface area contributed by atoms with Crippen LogP contribution < -0.4 is 15.8 Å². The SMILES string of the molecule is CC(C)C[C@H](CO)Nc1nc(CC(C)c2ccc(N)nc2)nc(NS(C)(=O)=O)n1. The van der Waals surface area contributed by atoms with E-state index in [1.54, 1.807) is 12.3 Å². The molecule has 2 aromatic rings. The number of rotatable bonds is 10. The van der Waals surface area contributed by atoms with Gasteiger partial charge in [0, 0.05) is 12.6 Å². The van der Waals surface area contributed by atoms with Gasteiger partial charge in [0.15, 0.2) is 0 Å². The molecule has 11 heteroatoms. The molecule has 5 N–H and O–H groups in total. The Hall–Kier alpha value is -2.53. The lowest BCUT2D eigenvalue weighted by Crippen LogP contribution is -2.27. The van der Waals surface area contributed by atoms with Gasteiger partial charge in [-0.05, 0) is 29.9 Å². The van der Waals surface area contributed by atoms with Crippen molar-refractivity contribution in [2.24, 2.45) is 5.92 Å². The van der Waals surface area contributed by atoms with Crippen LogP contribution in [-0.4, -0.2) is 52.4 Å². The van der Waals surface area contributed by atoms with Crippen LogP contribution in [0.25, 0.3) is 0 Å². The van der Waals surface area contributed by atoms with Gasteiger partial charge in [0.05, 0.1) is 18.9 Å². The first-order valence-electron chi connectivity index (χ1n) is 9.37. The minimum atomic E-state index is -3.55. The van der Waals surface area contributed by atoms with Crippen molar-refractivity contribution in [3.8, 4) is 0 Å². The Bertz CT molecular complexity index is 904. The van der Waals surface area contributed by atoms with Crippen LogP contribution >= 0.6 is 0 Å². The van der Waals surface area contributed by atoms with Crippen molar-refractivity contribution in [1.29, 1.82) is 0 Å². The summed E-state index contributed by atoms with van der Waals surface area (Å²) in [5.74, 6) is 1.38. The molecule has 2 heterocycles. The second kappa shape index (κ2) is 9.79. The second-order valence-corrected chi connectivity index (χ2v) is 9.30. The van der Waals surface area contributed by atoms with E-state index in [4.69, 9.17) is 5.73 Å². The molecule has 0 aromatic carbocycles. The number of hydrogen-bond acceptors (Lipinski definition) is 9. The van der Waals surface area contributed by atoms with E-state index in [2.05, 4.69) is 30.0 Å². The summed E-state index contributed by atoms with van der Waals surface area (Å²) >= 11 is 0. The molecule has 2 rings (SSSR count). The van der Waals surface area contributed by atoms with Crippen LogP contribution in [-0.2, 0) is 16.4 Å². The summed E-state index contributed by atoms with van der Waals surface area (Å²) in [6.45, 7) is 5.98. The highest BCUT2D eigenvalue weighted by Gasteiger charge is 2.17. The molecule has 0 saturated heterocycles. The predicted octanol–water partition coefficient (Wildman–Crippen LogP) is 1.39. The highest BCUT2D eigenvalue weighted by Crippen LogP contribution is 2.20. The first kappa shape index (κ1) is 22.8. The highest BCUT2D eigenvalue weighted by atomic mass is 32.2. The Kier molecular flexibility index (Phi) is 7.68. The number of anilines is 3. The number of nitrogens with two attached hydrogens (primary N) is 1. The van der Waals surface area contributed by atoms with Gasteiger partial charge in [0.1, 0.15) is 11.6 Å². The number of aliphatic hydroxyl groups excluding tert-OH is 1. The molecule has 0 aliphatic heterocycles. The minimum absolute atomic E-state index is 0.0220. The van der Waals surface area contributed by atoms with E-state index in [0.29, 0.717) is 30.4 Å². The fourth-order valence-corrected chi connectivity index (χ4v) is 3.24. The third kappa shape index (κ3) is 7.78. The van der Waals surface area contributed by atoms with Gasteiger partial charge in [0.25, 0.3) is 0 Å². The summed E-state index contributed by atoms with van der Waals surface area (Å²) in [6, 6.07) is 3.35. The molecule has 1 unspecified atom stereocenters. The summed E-state index contributed by atoms with van der Waals surface area (Å²) in [5.41, 5.74) is 6.59. The van der Waals surface area contributed by atoms with Gasteiger partial charge < -0.3 is 16.2 Å². The average Bonchev–Trinajstić information content (AvgIpc) is 2.59. The van der Waals surface area contributed by atoms with Crippen LogP contribution in [0.2, 0.25) is 0 Å². The molecular weight excluding hydrogens is 394 g/mol. The molecular formula is C18H29N7O3S. The lowest BCUT2D eigenvalue weighted by Gasteiger charge is -2.19. The number of aromatic nitrogens is 4. The Morgan fingerprint density at radius 1 is 1.14 bits per heavy atom. The van der Waals surface area contributed by atoms with Crippen LogP contribution in [0.4, 0.5) is 17.7 Å². The molecule has 160 valence electrons. The number of nitrogens with one attached hydrogen (secondary N) is 2. The topological polar surface area (TPSA) is 156 Å². The van der Waals surface area contributed by atoms with E-state index >= 15 is 0 Å². The van der Waals surface area contributed by atoms with Crippen molar-refractivity contribution in [2.45, 2.75) is 45.6 Å². The molecule has 10 nitrogen and oxygen atoms in total. The number of hydrogen-bond donors (Lipinski definition) is 4. The zero-order valence-electron chi connectivity index (χ0n) is 17.1. The molecule has 29 heavy (non-hydrogen) atoms. The summed E-state index contributed by atoms with van der Waals surface area (Å²) in [6.07, 6.45) is 3.87. The standard InChI is InChI=1S/C18H29N7O3S/c1-11(2)7-14(10-26)21-17-22-16(23-18(24-17)25-29(4,27)28)8-12(3)13-5-6-15(19)20-9-13/h5-6,9,11-12,14,26H,7-8,10H2,1-4H3,(H2,19,20)(H2,21,22,23,24,25)/t12?,14-/m1/s1. The quantitative estimate of drug-likeness (QED) is 0.443. The Morgan fingerprint density at radius 3 is 2.38 bits per heavy atom. The molecule has 2 atom stereocenters. The third-order valence-electron chi connectivity index (χ3n) is 4.13. The van der Waals surface area contributed by atoms with Gasteiger partial charge in [-0.1, -0.05) is 26.8 Å². The fourth-order valence-electron chi connectivity index (χ4n) is 2.82. The molecule has 0 radical (unpaired) electrons. The van der Waals surface area contributed by atoms with E-state index < -0.39 is 10.0 Å². The molecule has 0 aliphatic carbocycles. The number of aliphatic hydroxyl groups is 1. The van der Waals surface area contributed by atoms with Crippen molar-refractivity contribution in [1.82, 2.24) is 19.9 Å². The van der Waals surface area contributed by atoms with Crippen molar-refractivity contribution >= 4 is 27.7 Å². The van der Waals surface area contributed by atoms with Crippen LogP contribution in [0.5, 0.6) is 0 Å². The zero-order chi connectivity index (χ0) is 21.6. The lowest BCUT2D eigenvalue weighted by molar-refractivity contribution is 0.259. The van der Waals surface area contributed by atoms with Crippen molar-refractivity contribution in [3.63, 3.8) is 0 Å². The van der Waals surface area contributed by atoms with Crippen LogP contribution in [0.1, 0.15) is 44.5 Å². The maximum atomic E-state index is 11.6. The Balaban J connectivity index is 2.29. The van der Waals surface area contributed by atoms with Crippen molar-refractivity contribution in [2.75, 3.05) is 28.6 Å². The van der Waals surface area contributed by atoms with E-state index in [0.717, 1.165) is 11.8 Å². The van der Waals surface area contributed by atoms with E-state index in [1.165, 1.54) is 0 Å². The van der Waals surface area contributed by atoms with Gasteiger partial charge in [-0.25, -0.2) is 13.4 Å². The second-order valence-electron chi connectivity index (χ2n) is 7.55. The minimum Gasteiger partial charge on any atom is -0.394 e. The average molecular weight is 424 g/mol. The summed E-state index contributed by atoms with van der Waals surface area (Å²) < 4.78 is 25.6. The Labute approximate surface area is 171 Å². The molecule has 0 saturated carbocycles. The number of pyridine rings is 1. The lowest BCUT2D eigenvalue weighted by atomic mass is 9.99. The monoisotopic (exact) mass is 423 g/mol. The summed E-state index contributed by atoms with van der Waals surface area (Å²) in [5, 5.41) is 12.7. The number of nitrogen functional groups attached to an aromatic ring is 1. The molecule has 0 amide bonds. The van der Waals surface area contributed by atoms with E-state index in [1.807, 2.05) is 26.8 Å². The highest BCUT2D eigenvalue weighted by molar-refractivity contribution is 7.91. The number of nitrogens with zero attached hydrogens (tertiary/aromatic N) is 4. The van der Waals surface area contributed by atoms with Gasteiger partial charge in [0.2, 0.25) is 21.9 Å². The largest absolute Gasteiger partial charge is 0.394 e. The Morgan fingerprint density at radius 2 is 1.83 bits per heavy atom. The van der Waals surface area contributed by atoms with Crippen molar-refractivity contribution in [3.05, 3.63) is 29.7 Å². The molecule has 0 fully saturated rings. The van der Waals surface area contributed by atoms with Crippen molar-refractivity contribution < 1.29 is 13.5 Å². The first-order chi connectivity index (χ1) is 13.6. The third-order valence-corrected chi connectivity index (χ3v) is 4.69. The van der Waals surface area contributed by atoms with Gasteiger partial charge in [-0.3, -0.25) is 4.72 Å². The predicted molar refractivity (Wildman–Crippen MR) is 113 cm³/mol. The summed E-state index contributed by atoms with van der Waals surface area (Å²) in [7, 11) is -3.55. The molecule has 0 bridgehead atoms. The van der Waals surface area contributed by atoms with Crippen LogP contribution in [0.15, 0.2) is 18.3 Å². The van der Waals surface area contributed by atoms with Crippen LogP contribution in [0, 0.1) is 5.92 Å². The maximum absolute atomic E-state index is 11.6. The van der Waals surface area contributed by atoms with Crippen LogP contribution in [0.3, 0.4) is 0 Å². The van der Waals surface area contributed by atoms with Gasteiger partial charge in [-0.15, -0.1) is 0 Å². The van der Waals surface area contributed by atoms with Gasteiger partial charge in [-0.2, -0.15) is 15.0 Å². The smallest absolute Gasteiger partial charge is 0.241 e. The number of sulfonamides is 1.